The van der Waals surface area contributed by atoms with Crippen LogP contribution in [0.3, 0.4) is 0 Å². The second kappa shape index (κ2) is 5.04. The van der Waals surface area contributed by atoms with Crippen molar-refractivity contribution in [3.05, 3.63) is 46.5 Å². The smallest absolute Gasteiger partial charge is 0.270 e. The molecule has 2 aromatic rings. The minimum atomic E-state index is -0.580. The number of nitro groups is 1. The zero-order valence-electron chi connectivity index (χ0n) is 9.55. The van der Waals surface area contributed by atoms with Gasteiger partial charge < -0.3 is 0 Å². The Balaban J connectivity index is 2.17. The number of hydrogen-bond acceptors (Lipinski definition) is 6. The molecule has 0 fully saturated rings. The molecule has 9 heteroatoms. The molecule has 1 aromatic heterocycles. The van der Waals surface area contributed by atoms with Crippen LogP contribution in [0, 0.1) is 10.1 Å². The molecule has 96 valence electrons. The van der Waals surface area contributed by atoms with Crippen molar-refractivity contribution < 1.29 is 9.72 Å². The first-order valence-corrected chi connectivity index (χ1v) is 5.08. The monoisotopic (exact) mass is 260 g/mol. The number of tetrazole rings is 1. The number of carbonyl (C=O) groups is 1. The summed E-state index contributed by atoms with van der Waals surface area (Å²) < 4.78 is 0. The lowest BCUT2D eigenvalue weighted by molar-refractivity contribution is -0.384. The standard InChI is InChI=1S/C10H8N6O3/c1-2-15-13-10(12-14-15)11-9(17)7-4-3-5-8(6-7)16(18)19/h2-6H,1H2,(H,11,13,17). The quantitative estimate of drug-likeness (QED) is 0.645. The van der Waals surface area contributed by atoms with E-state index in [-0.39, 0.29) is 17.2 Å². The predicted molar refractivity (Wildman–Crippen MR) is 65.3 cm³/mol. The van der Waals surface area contributed by atoms with Gasteiger partial charge >= 0.3 is 0 Å². The number of amides is 1. The minimum absolute atomic E-state index is 0.0172. The van der Waals surface area contributed by atoms with E-state index in [2.05, 4.69) is 27.3 Å². The Morgan fingerprint density at radius 2 is 2.32 bits per heavy atom. The Bertz CT molecular complexity index is 650. The Kier molecular flexibility index (Phi) is 3.28. The van der Waals surface area contributed by atoms with Gasteiger partial charge in [0.05, 0.1) is 4.92 Å². The maximum absolute atomic E-state index is 11.8. The number of benzene rings is 1. The maximum Gasteiger partial charge on any atom is 0.270 e. The second-order valence-corrected chi connectivity index (χ2v) is 3.38. The van der Waals surface area contributed by atoms with Gasteiger partial charge in [0, 0.05) is 23.9 Å². The van der Waals surface area contributed by atoms with E-state index in [1.807, 2.05) is 0 Å². The van der Waals surface area contributed by atoms with Gasteiger partial charge in [-0.25, -0.2) is 0 Å². The van der Waals surface area contributed by atoms with Crippen molar-refractivity contribution >= 4 is 23.7 Å². The zero-order valence-corrected chi connectivity index (χ0v) is 9.55. The Morgan fingerprint density at radius 3 is 2.95 bits per heavy atom. The summed E-state index contributed by atoms with van der Waals surface area (Å²) in [7, 11) is 0. The van der Waals surface area contributed by atoms with Crippen LogP contribution in [-0.2, 0) is 0 Å². The highest BCUT2D eigenvalue weighted by Gasteiger charge is 2.13. The van der Waals surface area contributed by atoms with E-state index in [4.69, 9.17) is 0 Å². The van der Waals surface area contributed by atoms with Crippen LogP contribution in [0.15, 0.2) is 30.8 Å². The molecule has 0 radical (unpaired) electrons. The summed E-state index contributed by atoms with van der Waals surface area (Å²) in [5, 5.41) is 23.8. The van der Waals surface area contributed by atoms with Crippen LogP contribution in [0.5, 0.6) is 0 Å². The highest BCUT2D eigenvalue weighted by Crippen LogP contribution is 2.13. The molecule has 0 saturated carbocycles. The van der Waals surface area contributed by atoms with Gasteiger partial charge in [-0.3, -0.25) is 20.2 Å². The van der Waals surface area contributed by atoms with E-state index in [0.29, 0.717) is 0 Å². The van der Waals surface area contributed by atoms with Gasteiger partial charge in [-0.2, -0.15) is 0 Å². The van der Waals surface area contributed by atoms with Crippen LogP contribution in [-0.4, -0.2) is 31.0 Å². The molecule has 1 heterocycles. The predicted octanol–water partition coefficient (Wildman–Crippen LogP) is 0.934. The van der Waals surface area contributed by atoms with Crippen LogP contribution < -0.4 is 5.32 Å². The Hall–Kier alpha value is -3.10. The highest BCUT2D eigenvalue weighted by atomic mass is 16.6. The zero-order chi connectivity index (χ0) is 13.8. The Labute approximate surface area is 106 Å². The number of nitrogens with zero attached hydrogens (tertiary/aromatic N) is 5. The van der Waals surface area contributed by atoms with E-state index in [0.717, 1.165) is 10.9 Å². The molecule has 2 rings (SSSR count). The SMILES string of the molecule is C=Cn1nnc(NC(=O)c2cccc([N+](=O)[O-])c2)n1. The van der Waals surface area contributed by atoms with Crippen LogP contribution in [0.1, 0.15) is 10.4 Å². The summed E-state index contributed by atoms with van der Waals surface area (Å²) in [5.41, 5.74) is -0.0421. The molecule has 0 aliphatic heterocycles. The van der Waals surface area contributed by atoms with Crippen LogP contribution >= 0.6 is 0 Å². The third-order valence-electron chi connectivity index (χ3n) is 2.14. The fourth-order valence-corrected chi connectivity index (χ4v) is 1.29. The van der Waals surface area contributed by atoms with Gasteiger partial charge in [-0.1, -0.05) is 17.7 Å². The van der Waals surface area contributed by atoms with E-state index < -0.39 is 10.8 Å². The number of non-ortho nitro benzene ring substituents is 1. The average Bonchev–Trinajstić information content (AvgIpc) is 2.86. The van der Waals surface area contributed by atoms with Crippen molar-refractivity contribution in [1.29, 1.82) is 0 Å². The summed E-state index contributed by atoms with van der Waals surface area (Å²) in [6.45, 7) is 3.42. The van der Waals surface area contributed by atoms with Crippen LogP contribution in [0.25, 0.3) is 6.20 Å². The molecule has 0 atom stereocenters. The third-order valence-corrected chi connectivity index (χ3v) is 2.14. The van der Waals surface area contributed by atoms with Gasteiger partial charge in [0.2, 0.25) is 0 Å². The first-order chi connectivity index (χ1) is 9.10. The molecule has 0 saturated heterocycles. The summed E-state index contributed by atoms with van der Waals surface area (Å²) in [5.74, 6) is -0.580. The molecule has 0 bridgehead atoms. The number of nitrogens with one attached hydrogen (secondary N) is 1. The summed E-state index contributed by atoms with van der Waals surface area (Å²) in [4.78, 5) is 22.9. The molecule has 0 aliphatic carbocycles. The lowest BCUT2D eigenvalue weighted by atomic mass is 10.2. The van der Waals surface area contributed by atoms with E-state index in [1.54, 1.807) is 0 Å². The Morgan fingerprint density at radius 1 is 1.53 bits per heavy atom. The third kappa shape index (κ3) is 2.77. The number of aromatic nitrogens is 4. The minimum Gasteiger partial charge on any atom is -0.288 e. The molecule has 0 aliphatic rings. The van der Waals surface area contributed by atoms with Gasteiger partial charge in [0.15, 0.2) is 0 Å². The van der Waals surface area contributed by atoms with Crippen molar-refractivity contribution in [3.8, 4) is 0 Å². The van der Waals surface area contributed by atoms with Crippen molar-refractivity contribution in [2.45, 2.75) is 0 Å². The van der Waals surface area contributed by atoms with Gasteiger partial charge in [0.1, 0.15) is 0 Å². The number of hydrogen-bond donors (Lipinski definition) is 1. The first kappa shape index (κ1) is 12.4. The fourth-order valence-electron chi connectivity index (χ4n) is 1.29. The van der Waals surface area contributed by atoms with Crippen molar-refractivity contribution in [1.82, 2.24) is 20.2 Å². The number of anilines is 1. The van der Waals surface area contributed by atoms with E-state index in [9.17, 15) is 14.9 Å². The number of nitro benzene ring substituents is 1. The molecular formula is C10H8N6O3. The molecular weight excluding hydrogens is 252 g/mol. The highest BCUT2D eigenvalue weighted by molar-refractivity contribution is 6.03. The van der Waals surface area contributed by atoms with Crippen molar-refractivity contribution in [2.75, 3.05) is 5.32 Å². The molecule has 19 heavy (non-hydrogen) atoms. The molecule has 0 unspecified atom stereocenters. The van der Waals surface area contributed by atoms with E-state index >= 15 is 0 Å². The molecule has 1 N–H and O–H groups in total. The van der Waals surface area contributed by atoms with Crippen molar-refractivity contribution in [2.24, 2.45) is 0 Å². The second-order valence-electron chi connectivity index (χ2n) is 3.38. The topological polar surface area (TPSA) is 116 Å². The number of carbonyl (C=O) groups excluding carboxylic acids is 1. The van der Waals surface area contributed by atoms with Crippen LogP contribution in [0.4, 0.5) is 11.6 Å². The maximum atomic E-state index is 11.8. The van der Waals surface area contributed by atoms with Crippen LogP contribution in [0.2, 0.25) is 0 Å². The average molecular weight is 260 g/mol. The van der Waals surface area contributed by atoms with Gasteiger partial charge in [-0.15, -0.1) is 9.90 Å². The first-order valence-electron chi connectivity index (χ1n) is 5.08. The van der Waals surface area contributed by atoms with Crippen molar-refractivity contribution in [3.63, 3.8) is 0 Å². The molecule has 9 nitrogen and oxygen atoms in total. The van der Waals surface area contributed by atoms with Gasteiger partial charge in [0.25, 0.3) is 17.5 Å². The number of rotatable bonds is 4. The molecule has 1 aromatic carbocycles. The largest absolute Gasteiger partial charge is 0.288 e. The summed E-state index contributed by atoms with van der Waals surface area (Å²) >= 11 is 0. The van der Waals surface area contributed by atoms with E-state index in [1.165, 1.54) is 24.4 Å². The molecule has 0 spiro atoms. The fraction of sp³-hybridized carbons (Fsp3) is 0. The lowest BCUT2D eigenvalue weighted by Crippen LogP contribution is -2.13. The lowest BCUT2D eigenvalue weighted by Gasteiger charge is -2.00. The molecule has 1 amide bonds. The summed E-state index contributed by atoms with van der Waals surface area (Å²) in [6, 6.07) is 5.32. The summed E-state index contributed by atoms with van der Waals surface area (Å²) in [6.07, 6.45) is 1.30. The normalized spacial score (nSPS) is 9.89. The van der Waals surface area contributed by atoms with Gasteiger partial charge in [-0.05, 0) is 11.3 Å².